The van der Waals surface area contributed by atoms with Crippen molar-refractivity contribution in [2.24, 2.45) is 11.8 Å². The molecule has 1 aromatic rings. The SMILES string of the molecule is CNC(C)c1c(F)cccc1OC1CCC(C)C(C)C1. The van der Waals surface area contributed by atoms with Gasteiger partial charge in [0.05, 0.1) is 6.10 Å². The zero-order valence-corrected chi connectivity index (χ0v) is 12.9. The third-order valence-electron chi connectivity index (χ3n) is 4.72. The molecule has 1 aromatic carbocycles. The van der Waals surface area contributed by atoms with Gasteiger partial charge in [-0.2, -0.15) is 0 Å². The Labute approximate surface area is 121 Å². The lowest BCUT2D eigenvalue weighted by Gasteiger charge is -2.33. The summed E-state index contributed by atoms with van der Waals surface area (Å²) in [5, 5.41) is 3.10. The minimum Gasteiger partial charge on any atom is -0.490 e. The molecule has 1 aliphatic rings. The van der Waals surface area contributed by atoms with E-state index < -0.39 is 0 Å². The van der Waals surface area contributed by atoms with Crippen molar-refractivity contribution >= 4 is 0 Å². The monoisotopic (exact) mass is 279 g/mol. The first kappa shape index (κ1) is 15.3. The van der Waals surface area contributed by atoms with Crippen LogP contribution in [-0.2, 0) is 0 Å². The summed E-state index contributed by atoms with van der Waals surface area (Å²) < 4.78 is 20.2. The van der Waals surface area contributed by atoms with E-state index >= 15 is 0 Å². The third-order valence-corrected chi connectivity index (χ3v) is 4.72. The van der Waals surface area contributed by atoms with Gasteiger partial charge in [0.1, 0.15) is 11.6 Å². The van der Waals surface area contributed by atoms with E-state index in [2.05, 4.69) is 19.2 Å². The van der Waals surface area contributed by atoms with Gasteiger partial charge >= 0.3 is 0 Å². The van der Waals surface area contributed by atoms with Gasteiger partial charge < -0.3 is 10.1 Å². The molecule has 0 aliphatic heterocycles. The van der Waals surface area contributed by atoms with E-state index in [9.17, 15) is 4.39 Å². The zero-order valence-electron chi connectivity index (χ0n) is 12.9. The molecule has 20 heavy (non-hydrogen) atoms. The molecule has 4 unspecified atom stereocenters. The van der Waals surface area contributed by atoms with Crippen LogP contribution in [0.25, 0.3) is 0 Å². The summed E-state index contributed by atoms with van der Waals surface area (Å²) in [4.78, 5) is 0. The van der Waals surface area contributed by atoms with Crippen LogP contribution in [0.15, 0.2) is 18.2 Å². The number of hydrogen-bond donors (Lipinski definition) is 1. The Morgan fingerprint density at radius 2 is 2.00 bits per heavy atom. The van der Waals surface area contributed by atoms with Crippen LogP contribution in [-0.4, -0.2) is 13.2 Å². The fourth-order valence-corrected chi connectivity index (χ4v) is 2.97. The number of rotatable bonds is 4. The number of halogens is 1. The van der Waals surface area contributed by atoms with Crippen LogP contribution < -0.4 is 10.1 Å². The standard InChI is InChI=1S/C17H26FNO/c1-11-8-9-14(10-12(11)2)20-16-7-5-6-15(18)17(16)13(3)19-4/h5-7,11-14,19H,8-10H2,1-4H3. The summed E-state index contributed by atoms with van der Waals surface area (Å²) >= 11 is 0. The van der Waals surface area contributed by atoms with Crippen molar-refractivity contribution in [1.29, 1.82) is 0 Å². The molecular formula is C17H26FNO. The van der Waals surface area contributed by atoms with Crippen LogP contribution in [0.4, 0.5) is 4.39 Å². The molecule has 0 amide bonds. The van der Waals surface area contributed by atoms with E-state index in [4.69, 9.17) is 4.74 Å². The Hall–Kier alpha value is -1.09. The summed E-state index contributed by atoms with van der Waals surface area (Å²) in [7, 11) is 1.84. The van der Waals surface area contributed by atoms with E-state index in [0.717, 1.165) is 18.8 Å². The maximum atomic E-state index is 14.1. The van der Waals surface area contributed by atoms with Gasteiger partial charge in [0.2, 0.25) is 0 Å². The van der Waals surface area contributed by atoms with Crippen LogP contribution in [0.2, 0.25) is 0 Å². The average molecular weight is 279 g/mol. The topological polar surface area (TPSA) is 21.3 Å². The average Bonchev–Trinajstić information content (AvgIpc) is 2.42. The zero-order chi connectivity index (χ0) is 14.7. The first-order valence-electron chi connectivity index (χ1n) is 7.65. The first-order chi connectivity index (χ1) is 9.52. The van der Waals surface area contributed by atoms with E-state index in [1.165, 1.54) is 12.5 Å². The highest BCUT2D eigenvalue weighted by Crippen LogP contribution is 2.34. The largest absolute Gasteiger partial charge is 0.490 e. The maximum absolute atomic E-state index is 14.1. The Balaban J connectivity index is 2.15. The van der Waals surface area contributed by atoms with Gasteiger partial charge in [-0.3, -0.25) is 0 Å². The molecule has 1 N–H and O–H groups in total. The predicted molar refractivity (Wildman–Crippen MR) is 80.5 cm³/mol. The van der Waals surface area contributed by atoms with E-state index in [0.29, 0.717) is 17.2 Å². The van der Waals surface area contributed by atoms with Gasteiger partial charge in [0.25, 0.3) is 0 Å². The van der Waals surface area contributed by atoms with Crippen molar-refractivity contribution < 1.29 is 9.13 Å². The summed E-state index contributed by atoms with van der Waals surface area (Å²) in [6.07, 6.45) is 3.53. The van der Waals surface area contributed by atoms with E-state index in [-0.39, 0.29) is 18.0 Å². The van der Waals surface area contributed by atoms with E-state index in [1.54, 1.807) is 6.07 Å². The van der Waals surface area contributed by atoms with Crippen molar-refractivity contribution in [3.8, 4) is 5.75 Å². The number of hydrogen-bond acceptors (Lipinski definition) is 2. The van der Waals surface area contributed by atoms with Gasteiger partial charge in [-0.1, -0.05) is 19.9 Å². The fourth-order valence-electron chi connectivity index (χ4n) is 2.97. The second-order valence-corrected chi connectivity index (χ2v) is 6.17. The second-order valence-electron chi connectivity index (χ2n) is 6.17. The predicted octanol–water partition coefficient (Wildman–Crippen LogP) is 4.31. The van der Waals surface area contributed by atoms with Crippen LogP contribution in [0, 0.1) is 17.7 Å². The summed E-state index contributed by atoms with van der Waals surface area (Å²) in [5.41, 5.74) is 0.640. The molecule has 4 atom stereocenters. The molecule has 112 valence electrons. The normalized spacial score (nSPS) is 28.1. The number of benzene rings is 1. The highest BCUT2D eigenvalue weighted by molar-refractivity contribution is 5.37. The molecule has 0 bridgehead atoms. The Kier molecular flexibility index (Phi) is 5.03. The van der Waals surface area contributed by atoms with Gasteiger partial charge in [0, 0.05) is 11.6 Å². The molecule has 1 fully saturated rings. The number of ether oxygens (including phenoxy) is 1. The molecule has 0 spiro atoms. The van der Waals surface area contributed by atoms with Gasteiger partial charge in [-0.05, 0) is 57.2 Å². The molecule has 2 rings (SSSR count). The Bertz CT molecular complexity index is 449. The van der Waals surface area contributed by atoms with Gasteiger partial charge in [0.15, 0.2) is 0 Å². The fraction of sp³-hybridized carbons (Fsp3) is 0.647. The van der Waals surface area contributed by atoms with Crippen LogP contribution in [0.5, 0.6) is 5.75 Å². The highest BCUT2D eigenvalue weighted by Gasteiger charge is 2.27. The molecule has 2 nitrogen and oxygen atoms in total. The first-order valence-corrected chi connectivity index (χ1v) is 7.65. The third kappa shape index (κ3) is 3.32. The lowest BCUT2D eigenvalue weighted by Crippen LogP contribution is -2.29. The number of nitrogens with one attached hydrogen (secondary N) is 1. The molecule has 1 saturated carbocycles. The quantitative estimate of drug-likeness (QED) is 0.886. The van der Waals surface area contributed by atoms with Crippen LogP contribution in [0.3, 0.4) is 0 Å². The van der Waals surface area contributed by atoms with E-state index in [1.807, 2.05) is 20.0 Å². The Morgan fingerprint density at radius 3 is 2.65 bits per heavy atom. The van der Waals surface area contributed by atoms with Gasteiger partial charge in [-0.25, -0.2) is 4.39 Å². The second kappa shape index (κ2) is 6.57. The highest BCUT2D eigenvalue weighted by atomic mass is 19.1. The smallest absolute Gasteiger partial charge is 0.131 e. The molecule has 1 aliphatic carbocycles. The lowest BCUT2D eigenvalue weighted by molar-refractivity contribution is 0.0988. The molecule has 0 saturated heterocycles. The minimum absolute atomic E-state index is 0.0499. The lowest BCUT2D eigenvalue weighted by atomic mass is 9.80. The molecule has 0 heterocycles. The molecule has 0 aromatic heterocycles. The van der Waals surface area contributed by atoms with Crippen molar-refractivity contribution in [3.63, 3.8) is 0 Å². The van der Waals surface area contributed by atoms with Crippen molar-refractivity contribution in [3.05, 3.63) is 29.6 Å². The molecule has 3 heteroatoms. The molecular weight excluding hydrogens is 253 g/mol. The summed E-state index contributed by atoms with van der Waals surface area (Å²) in [6.45, 7) is 6.54. The van der Waals surface area contributed by atoms with Crippen molar-refractivity contribution in [1.82, 2.24) is 5.32 Å². The van der Waals surface area contributed by atoms with Crippen LogP contribution >= 0.6 is 0 Å². The minimum atomic E-state index is -0.193. The Morgan fingerprint density at radius 1 is 1.25 bits per heavy atom. The maximum Gasteiger partial charge on any atom is 0.131 e. The van der Waals surface area contributed by atoms with Crippen molar-refractivity contribution in [2.45, 2.75) is 52.2 Å². The summed E-state index contributed by atoms with van der Waals surface area (Å²) in [6, 6.07) is 5.06. The van der Waals surface area contributed by atoms with Crippen LogP contribution in [0.1, 0.15) is 51.6 Å². The van der Waals surface area contributed by atoms with Gasteiger partial charge in [-0.15, -0.1) is 0 Å². The summed E-state index contributed by atoms with van der Waals surface area (Å²) in [5.74, 6) is 1.94. The molecule has 0 radical (unpaired) electrons. The van der Waals surface area contributed by atoms with Crippen molar-refractivity contribution in [2.75, 3.05) is 7.05 Å².